The smallest absolute Gasteiger partial charge is 0.238 e. The topological polar surface area (TPSA) is 70.7 Å². The number of ether oxygens (including phenoxy) is 1. The molecule has 0 aromatic heterocycles. The molecule has 6 nitrogen and oxygen atoms in total. The SMILES string of the molecule is COc1cccc(NC(=O)CN(C)CC(=O)NCc2ccc(Cl)cc2)c1. The van der Waals surface area contributed by atoms with Crippen LogP contribution in [-0.2, 0) is 16.1 Å². The van der Waals surface area contributed by atoms with E-state index in [4.69, 9.17) is 16.3 Å². The number of carbonyl (C=O) groups is 2. The summed E-state index contributed by atoms with van der Waals surface area (Å²) in [6.07, 6.45) is 0. The van der Waals surface area contributed by atoms with Gasteiger partial charge < -0.3 is 15.4 Å². The van der Waals surface area contributed by atoms with Crippen LogP contribution >= 0.6 is 11.6 Å². The van der Waals surface area contributed by atoms with Gasteiger partial charge in [0.1, 0.15) is 5.75 Å². The van der Waals surface area contributed by atoms with Gasteiger partial charge in [-0.25, -0.2) is 0 Å². The van der Waals surface area contributed by atoms with Gasteiger partial charge in [-0.15, -0.1) is 0 Å². The van der Waals surface area contributed by atoms with E-state index in [1.54, 1.807) is 55.5 Å². The first-order chi connectivity index (χ1) is 12.5. The Labute approximate surface area is 158 Å². The van der Waals surface area contributed by atoms with Crippen LogP contribution in [-0.4, -0.2) is 44.0 Å². The zero-order chi connectivity index (χ0) is 18.9. The van der Waals surface area contributed by atoms with E-state index in [0.29, 0.717) is 23.0 Å². The fourth-order valence-corrected chi connectivity index (χ4v) is 2.43. The molecule has 0 heterocycles. The number of benzene rings is 2. The minimum Gasteiger partial charge on any atom is -0.497 e. The Morgan fingerprint density at radius 2 is 1.77 bits per heavy atom. The lowest BCUT2D eigenvalue weighted by Crippen LogP contribution is -2.38. The zero-order valence-electron chi connectivity index (χ0n) is 14.8. The zero-order valence-corrected chi connectivity index (χ0v) is 15.5. The number of nitrogens with one attached hydrogen (secondary N) is 2. The van der Waals surface area contributed by atoms with E-state index in [1.165, 1.54) is 0 Å². The molecule has 0 spiro atoms. The van der Waals surface area contributed by atoms with Gasteiger partial charge in [0.05, 0.1) is 20.2 Å². The van der Waals surface area contributed by atoms with Crippen molar-refractivity contribution < 1.29 is 14.3 Å². The van der Waals surface area contributed by atoms with Crippen LogP contribution in [0.5, 0.6) is 5.75 Å². The molecule has 0 aliphatic heterocycles. The van der Waals surface area contributed by atoms with Crippen LogP contribution in [0.4, 0.5) is 5.69 Å². The molecule has 2 aromatic carbocycles. The lowest BCUT2D eigenvalue weighted by atomic mass is 10.2. The standard InChI is InChI=1S/C19H22ClN3O3/c1-23(12-18(24)21-11-14-6-8-15(20)9-7-14)13-19(25)22-16-4-3-5-17(10-16)26-2/h3-10H,11-13H2,1-2H3,(H,21,24)(H,22,25). The van der Waals surface area contributed by atoms with Crippen LogP contribution in [0.15, 0.2) is 48.5 Å². The molecule has 2 aromatic rings. The van der Waals surface area contributed by atoms with Gasteiger partial charge in [0.15, 0.2) is 0 Å². The van der Waals surface area contributed by atoms with Crippen molar-refractivity contribution in [2.45, 2.75) is 6.54 Å². The third-order valence-electron chi connectivity index (χ3n) is 3.58. The third-order valence-corrected chi connectivity index (χ3v) is 3.84. The summed E-state index contributed by atoms with van der Waals surface area (Å²) in [4.78, 5) is 25.7. The molecule has 0 saturated heterocycles. The van der Waals surface area contributed by atoms with E-state index in [2.05, 4.69) is 10.6 Å². The van der Waals surface area contributed by atoms with Gasteiger partial charge in [0.25, 0.3) is 0 Å². The highest BCUT2D eigenvalue weighted by Gasteiger charge is 2.11. The van der Waals surface area contributed by atoms with E-state index in [0.717, 1.165) is 5.56 Å². The molecule has 0 aliphatic carbocycles. The Balaban J connectivity index is 1.74. The number of carbonyl (C=O) groups excluding carboxylic acids is 2. The lowest BCUT2D eigenvalue weighted by Gasteiger charge is -2.16. The third kappa shape index (κ3) is 6.74. The van der Waals surface area contributed by atoms with Gasteiger partial charge in [0.2, 0.25) is 11.8 Å². The number of halogens is 1. The van der Waals surface area contributed by atoms with Crippen molar-refractivity contribution in [2.24, 2.45) is 0 Å². The Kier molecular flexibility index (Phi) is 7.44. The van der Waals surface area contributed by atoms with Crippen molar-refractivity contribution in [2.75, 3.05) is 32.6 Å². The minimum atomic E-state index is -0.203. The first kappa shape index (κ1) is 19.8. The highest BCUT2D eigenvalue weighted by Crippen LogP contribution is 2.16. The summed E-state index contributed by atoms with van der Waals surface area (Å²) in [6, 6.07) is 14.4. The number of hydrogen-bond acceptors (Lipinski definition) is 4. The van der Waals surface area contributed by atoms with Gasteiger partial charge in [0, 0.05) is 23.3 Å². The van der Waals surface area contributed by atoms with E-state index < -0.39 is 0 Å². The highest BCUT2D eigenvalue weighted by atomic mass is 35.5. The molecule has 0 atom stereocenters. The van der Waals surface area contributed by atoms with Crippen LogP contribution in [0, 0.1) is 0 Å². The number of hydrogen-bond donors (Lipinski definition) is 2. The number of nitrogens with zero attached hydrogens (tertiary/aromatic N) is 1. The Morgan fingerprint density at radius 1 is 1.08 bits per heavy atom. The van der Waals surface area contributed by atoms with Crippen molar-refractivity contribution in [1.29, 1.82) is 0 Å². The van der Waals surface area contributed by atoms with Crippen LogP contribution in [0.25, 0.3) is 0 Å². The first-order valence-corrected chi connectivity index (χ1v) is 8.47. The molecular weight excluding hydrogens is 354 g/mol. The maximum Gasteiger partial charge on any atom is 0.238 e. The molecule has 0 aliphatic rings. The molecule has 2 amide bonds. The number of rotatable bonds is 8. The fourth-order valence-electron chi connectivity index (χ4n) is 2.31. The molecular formula is C19H22ClN3O3. The molecule has 0 saturated carbocycles. The highest BCUT2D eigenvalue weighted by molar-refractivity contribution is 6.30. The maximum atomic E-state index is 12.1. The molecule has 138 valence electrons. The second-order valence-corrected chi connectivity index (χ2v) is 6.29. The Bertz CT molecular complexity index is 750. The minimum absolute atomic E-state index is 0.103. The molecule has 7 heteroatoms. The maximum absolute atomic E-state index is 12.1. The summed E-state index contributed by atoms with van der Waals surface area (Å²) in [6.45, 7) is 0.643. The predicted molar refractivity (Wildman–Crippen MR) is 102 cm³/mol. The van der Waals surface area contributed by atoms with Gasteiger partial charge in [-0.3, -0.25) is 14.5 Å². The lowest BCUT2D eigenvalue weighted by molar-refractivity contribution is -0.123. The Hall–Kier alpha value is -2.57. The van der Waals surface area contributed by atoms with E-state index in [-0.39, 0.29) is 24.9 Å². The molecule has 0 unspecified atom stereocenters. The second-order valence-electron chi connectivity index (χ2n) is 5.86. The predicted octanol–water partition coefficient (Wildman–Crippen LogP) is 2.54. The largest absolute Gasteiger partial charge is 0.497 e. The average molecular weight is 376 g/mol. The first-order valence-electron chi connectivity index (χ1n) is 8.10. The van der Waals surface area contributed by atoms with E-state index in [1.807, 2.05) is 12.1 Å². The molecule has 26 heavy (non-hydrogen) atoms. The number of likely N-dealkylation sites (N-methyl/N-ethyl adjacent to an activating group) is 1. The van der Waals surface area contributed by atoms with E-state index in [9.17, 15) is 9.59 Å². The number of anilines is 1. The molecule has 0 fully saturated rings. The number of methoxy groups -OCH3 is 1. The van der Waals surface area contributed by atoms with Crippen molar-refractivity contribution in [3.8, 4) is 5.75 Å². The van der Waals surface area contributed by atoms with Crippen molar-refractivity contribution >= 4 is 29.1 Å². The molecule has 0 radical (unpaired) electrons. The summed E-state index contributed by atoms with van der Waals surface area (Å²) in [5.74, 6) is 0.306. The van der Waals surface area contributed by atoms with Crippen molar-refractivity contribution in [3.05, 3.63) is 59.1 Å². The molecule has 2 N–H and O–H groups in total. The van der Waals surface area contributed by atoms with Crippen LogP contribution in [0.3, 0.4) is 0 Å². The van der Waals surface area contributed by atoms with Crippen LogP contribution in [0.1, 0.15) is 5.56 Å². The molecule has 2 rings (SSSR count). The van der Waals surface area contributed by atoms with Crippen LogP contribution < -0.4 is 15.4 Å². The van der Waals surface area contributed by atoms with Gasteiger partial charge in [-0.2, -0.15) is 0 Å². The normalized spacial score (nSPS) is 10.5. The Morgan fingerprint density at radius 3 is 2.46 bits per heavy atom. The number of amides is 2. The summed E-state index contributed by atoms with van der Waals surface area (Å²) in [5.41, 5.74) is 1.61. The summed E-state index contributed by atoms with van der Waals surface area (Å²) < 4.78 is 5.12. The summed E-state index contributed by atoms with van der Waals surface area (Å²) >= 11 is 5.83. The van der Waals surface area contributed by atoms with Crippen molar-refractivity contribution in [1.82, 2.24) is 10.2 Å². The van der Waals surface area contributed by atoms with Gasteiger partial charge in [-0.1, -0.05) is 29.8 Å². The molecule has 0 bridgehead atoms. The van der Waals surface area contributed by atoms with E-state index >= 15 is 0 Å². The average Bonchev–Trinajstić information content (AvgIpc) is 2.61. The van der Waals surface area contributed by atoms with Crippen LogP contribution in [0.2, 0.25) is 5.02 Å². The van der Waals surface area contributed by atoms with Crippen molar-refractivity contribution in [3.63, 3.8) is 0 Å². The monoisotopic (exact) mass is 375 g/mol. The quantitative estimate of drug-likeness (QED) is 0.743. The summed E-state index contributed by atoms with van der Waals surface area (Å²) in [5, 5.41) is 6.25. The fraction of sp³-hybridized carbons (Fsp3) is 0.263. The van der Waals surface area contributed by atoms with Gasteiger partial charge in [-0.05, 0) is 36.9 Å². The summed E-state index contributed by atoms with van der Waals surface area (Å²) in [7, 11) is 3.28. The second kappa shape index (κ2) is 9.79. The van der Waals surface area contributed by atoms with Gasteiger partial charge >= 0.3 is 0 Å².